The summed E-state index contributed by atoms with van der Waals surface area (Å²) in [6, 6.07) is 7.16. The molecular formula is C15H22FNOS. The molecule has 0 saturated heterocycles. The van der Waals surface area contributed by atoms with Crippen molar-refractivity contribution < 1.29 is 9.50 Å². The smallest absolute Gasteiger partial charge is 0.136 e. The third-order valence-electron chi connectivity index (χ3n) is 3.80. The van der Waals surface area contributed by atoms with Gasteiger partial charge in [-0.05, 0) is 32.0 Å². The van der Waals surface area contributed by atoms with Crippen LogP contribution in [0.4, 0.5) is 4.39 Å². The van der Waals surface area contributed by atoms with E-state index in [1.54, 1.807) is 17.8 Å². The lowest BCUT2D eigenvalue weighted by Crippen LogP contribution is -2.44. The number of aliphatic hydroxyl groups excluding tert-OH is 1. The number of thioether (sulfide) groups is 1. The van der Waals surface area contributed by atoms with E-state index in [1.165, 1.54) is 12.5 Å². The van der Waals surface area contributed by atoms with Crippen molar-refractivity contribution in [2.45, 2.75) is 42.7 Å². The minimum absolute atomic E-state index is 0.146. The normalized spacial score (nSPS) is 23.8. The van der Waals surface area contributed by atoms with Crippen molar-refractivity contribution in [3.05, 3.63) is 30.1 Å². The average molecular weight is 283 g/mol. The number of benzene rings is 1. The van der Waals surface area contributed by atoms with E-state index in [1.807, 2.05) is 12.1 Å². The van der Waals surface area contributed by atoms with E-state index in [4.69, 9.17) is 0 Å². The summed E-state index contributed by atoms with van der Waals surface area (Å²) in [7, 11) is 2.06. The van der Waals surface area contributed by atoms with Gasteiger partial charge in [0.1, 0.15) is 5.82 Å². The molecule has 1 aromatic rings. The molecule has 106 valence electrons. The number of halogens is 1. The maximum atomic E-state index is 13.5. The van der Waals surface area contributed by atoms with Crippen molar-refractivity contribution in [1.82, 2.24) is 4.90 Å². The molecule has 19 heavy (non-hydrogen) atoms. The Labute approximate surface area is 119 Å². The topological polar surface area (TPSA) is 23.5 Å². The van der Waals surface area contributed by atoms with E-state index >= 15 is 0 Å². The second-order valence-corrected chi connectivity index (χ2v) is 6.32. The van der Waals surface area contributed by atoms with Gasteiger partial charge in [0.05, 0.1) is 6.10 Å². The molecule has 0 amide bonds. The van der Waals surface area contributed by atoms with Gasteiger partial charge >= 0.3 is 0 Å². The van der Waals surface area contributed by atoms with Gasteiger partial charge in [0.15, 0.2) is 0 Å². The highest BCUT2D eigenvalue weighted by atomic mass is 32.2. The largest absolute Gasteiger partial charge is 0.391 e. The molecule has 2 rings (SSSR count). The first-order chi connectivity index (χ1) is 9.18. The predicted molar refractivity (Wildman–Crippen MR) is 78.0 cm³/mol. The number of hydrogen-bond donors (Lipinski definition) is 1. The van der Waals surface area contributed by atoms with Crippen LogP contribution in [0.2, 0.25) is 0 Å². The van der Waals surface area contributed by atoms with Crippen molar-refractivity contribution in [2.75, 3.05) is 19.3 Å². The quantitative estimate of drug-likeness (QED) is 0.840. The van der Waals surface area contributed by atoms with Crippen molar-refractivity contribution in [3.63, 3.8) is 0 Å². The van der Waals surface area contributed by atoms with Crippen LogP contribution in [0.15, 0.2) is 29.2 Å². The third kappa shape index (κ3) is 4.20. The van der Waals surface area contributed by atoms with Gasteiger partial charge in [-0.15, -0.1) is 11.8 Å². The Kier molecular flexibility index (Phi) is 5.67. The Bertz CT molecular complexity index is 401. The maximum Gasteiger partial charge on any atom is 0.136 e. The maximum absolute atomic E-state index is 13.5. The lowest BCUT2D eigenvalue weighted by atomic mass is 9.92. The molecule has 0 radical (unpaired) electrons. The Balaban J connectivity index is 1.77. The van der Waals surface area contributed by atoms with Crippen LogP contribution in [0.3, 0.4) is 0 Å². The Morgan fingerprint density at radius 1 is 1.32 bits per heavy atom. The molecule has 1 aromatic carbocycles. The SMILES string of the molecule is CN(CCSc1ccccc1F)C1CCCCC1O. The second kappa shape index (κ2) is 7.27. The summed E-state index contributed by atoms with van der Waals surface area (Å²) in [5.41, 5.74) is 0. The molecule has 0 spiro atoms. The van der Waals surface area contributed by atoms with Crippen LogP contribution in [-0.2, 0) is 0 Å². The molecule has 0 aliphatic heterocycles. The molecular weight excluding hydrogens is 261 g/mol. The lowest BCUT2D eigenvalue weighted by molar-refractivity contribution is 0.0351. The van der Waals surface area contributed by atoms with Crippen molar-refractivity contribution in [1.29, 1.82) is 0 Å². The zero-order valence-corrected chi connectivity index (χ0v) is 12.2. The first-order valence-electron chi connectivity index (χ1n) is 6.94. The fraction of sp³-hybridized carbons (Fsp3) is 0.600. The fourth-order valence-corrected chi connectivity index (χ4v) is 3.61. The summed E-state index contributed by atoms with van der Waals surface area (Å²) >= 11 is 1.54. The monoisotopic (exact) mass is 283 g/mol. The fourth-order valence-electron chi connectivity index (χ4n) is 2.63. The van der Waals surface area contributed by atoms with Gasteiger partial charge in [0.2, 0.25) is 0 Å². The molecule has 1 aliphatic carbocycles. The van der Waals surface area contributed by atoms with E-state index in [0.717, 1.165) is 31.6 Å². The van der Waals surface area contributed by atoms with Crippen molar-refractivity contribution >= 4 is 11.8 Å². The van der Waals surface area contributed by atoms with Gasteiger partial charge in [-0.2, -0.15) is 0 Å². The number of hydrogen-bond acceptors (Lipinski definition) is 3. The van der Waals surface area contributed by atoms with Crippen LogP contribution >= 0.6 is 11.8 Å². The number of aliphatic hydroxyl groups is 1. The number of likely N-dealkylation sites (N-methyl/N-ethyl adjacent to an activating group) is 1. The standard InChI is InChI=1S/C15H22FNOS/c1-17(13-7-3-4-8-14(13)18)10-11-19-15-9-5-2-6-12(15)16/h2,5-6,9,13-14,18H,3-4,7-8,10-11H2,1H3. The van der Waals surface area contributed by atoms with Crippen LogP contribution in [0, 0.1) is 5.82 Å². The van der Waals surface area contributed by atoms with Gasteiger partial charge in [0, 0.05) is 23.2 Å². The molecule has 1 N–H and O–H groups in total. The number of rotatable bonds is 5. The van der Waals surface area contributed by atoms with E-state index in [0.29, 0.717) is 4.90 Å². The molecule has 0 aromatic heterocycles. The Morgan fingerprint density at radius 3 is 2.79 bits per heavy atom. The molecule has 4 heteroatoms. The summed E-state index contributed by atoms with van der Waals surface area (Å²) in [5.74, 6) is 0.702. The predicted octanol–water partition coefficient (Wildman–Crippen LogP) is 3.15. The third-order valence-corrected chi connectivity index (χ3v) is 4.83. The zero-order chi connectivity index (χ0) is 13.7. The van der Waals surface area contributed by atoms with Crippen LogP contribution in [0.5, 0.6) is 0 Å². The van der Waals surface area contributed by atoms with Gasteiger partial charge in [-0.1, -0.05) is 25.0 Å². The van der Waals surface area contributed by atoms with Gasteiger partial charge < -0.3 is 10.0 Å². The number of nitrogens with zero attached hydrogens (tertiary/aromatic N) is 1. The summed E-state index contributed by atoms with van der Waals surface area (Å²) in [6.45, 7) is 0.876. The summed E-state index contributed by atoms with van der Waals surface area (Å²) in [5, 5.41) is 9.99. The highest BCUT2D eigenvalue weighted by Gasteiger charge is 2.26. The molecule has 0 heterocycles. The molecule has 1 saturated carbocycles. The lowest BCUT2D eigenvalue weighted by Gasteiger charge is -2.35. The first kappa shape index (κ1) is 14.8. The Hall–Kier alpha value is -0.580. The van der Waals surface area contributed by atoms with E-state index in [2.05, 4.69) is 11.9 Å². The van der Waals surface area contributed by atoms with Gasteiger partial charge in [0.25, 0.3) is 0 Å². The minimum Gasteiger partial charge on any atom is -0.391 e. The van der Waals surface area contributed by atoms with Crippen LogP contribution < -0.4 is 0 Å². The first-order valence-corrected chi connectivity index (χ1v) is 7.92. The van der Waals surface area contributed by atoms with Gasteiger partial charge in [-0.25, -0.2) is 4.39 Å². The van der Waals surface area contributed by atoms with Crippen molar-refractivity contribution in [2.24, 2.45) is 0 Å². The molecule has 0 bridgehead atoms. The molecule has 1 aliphatic rings. The van der Waals surface area contributed by atoms with Crippen LogP contribution in [0.25, 0.3) is 0 Å². The molecule has 2 atom stereocenters. The van der Waals surface area contributed by atoms with Gasteiger partial charge in [-0.3, -0.25) is 0 Å². The molecule has 2 unspecified atom stereocenters. The highest BCUT2D eigenvalue weighted by molar-refractivity contribution is 7.99. The highest BCUT2D eigenvalue weighted by Crippen LogP contribution is 2.24. The average Bonchev–Trinajstić information content (AvgIpc) is 2.41. The zero-order valence-electron chi connectivity index (χ0n) is 11.4. The van der Waals surface area contributed by atoms with Crippen LogP contribution in [0.1, 0.15) is 25.7 Å². The second-order valence-electron chi connectivity index (χ2n) is 5.18. The molecule has 1 fully saturated rings. The van der Waals surface area contributed by atoms with Crippen molar-refractivity contribution in [3.8, 4) is 0 Å². The van der Waals surface area contributed by atoms with Crippen LogP contribution in [-0.4, -0.2) is 41.5 Å². The summed E-state index contributed by atoms with van der Waals surface area (Å²) in [4.78, 5) is 2.93. The van der Waals surface area contributed by atoms with E-state index in [-0.39, 0.29) is 18.0 Å². The summed E-state index contributed by atoms with van der Waals surface area (Å²) in [6.07, 6.45) is 4.12. The van der Waals surface area contributed by atoms with E-state index in [9.17, 15) is 9.50 Å². The Morgan fingerprint density at radius 2 is 2.05 bits per heavy atom. The van der Waals surface area contributed by atoms with E-state index < -0.39 is 0 Å². The summed E-state index contributed by atoms with van der Waals surface area (Å²) < 4.78 is 13.5. The molecule has 2 nitrogen and oxygen atoms in total. The minimum atomic E-state index is -0.197.